The van der Waals surface area contributed by atoms with Crippen LogP contribution in [0.3, 0.4) is 0 Å². The molecule has 5 heteroatoms. The first-order chi connectivity index (χ1) is 9.60. The summed E-state index contributed by atoms with van der Waals surface area (Å²) in [6.07, 6.45) is 5.33. The zero-order chi connectivity index (χ0) is 13.8. The lowest BCUT2D eigenvalue weighted by atomic mass is 9.68. The SMILES string of the molecule is C[C@]1(O)O[C@@H]2CCCC[C@@H]2[C@H]2CC3(CO[C@@H]21)OCCO3. The molecule has 0 bridgehead atoms. The molecule has 3 heterocycles. The number of fused-ring (bicyclic) bond motifs is 3. The molecule has 114 valence electrons. The van der Waals surface area contributed by atoms with E-state index < -0.39 is 11.6 Å². The van der Waals surface area contributed by atoms with Crippen LogP contribution in [0.4, 0.5) is 0 Å². The standard InChI is InChI=1S/C15H24O5/c1-14(16)13-11(10-4-2-3-5-12(10)20-14)8-15(9-17-13)18-6-7-19-15/h10-13,16H,2-9H2,1H3/t10-,11-,12-,13+,14+/m1/s1. The predicted molar refractivity (Wildman–Crippen MR) is 69.9 cm³/mol. The van der Waals surface area contributed by atoms with Crippen LogP contribution in [0.15, 0.2) is 0 Å². The normalized spacial score (nSPS) is 50.7. The van der Waals surface area contributed by atoms with Gasteiger partial charge in [0.25, 0.3) is 0 Å². The fourth-order valence-corrected chi connectivity index (χ4v) is 4.63. The van der Waals surface area contributed by atoms with Crippen molar-refractivity contribution < 1.29 is 24.1 Å². The molecule has 1 N–H and O–H groups in total. The molecule has 0 unspecified atom stereocenters. The van der Waals surface area contributed by atoms with Crippen LogP contribution in [0.2, 0.25) is 0 Å². The van der Waals surface area contributed by atoms with Gasteiger partial charge < -0.3 is 24.1 Å². The van der Waals surface area contributed by atoms with E-state index in [1.165, 1.54) is 12.8 Å². The second-order valence-corrected chi connectivity index (χ2v) is 6.87. The summed E-state index contributed by atoms with van der Waals surface area (Å²) in [5.41, 5.74) is 0. The Morgan fingerprint density at radius 1 is 1.05 bits per heavy atom. The molecule has 0 aromatic heterocycles. The van der Waals surface area contributed by atoms with Crippen molar-refractivity contribution in [3.05, 3.63) is 0 Å². The van der Waals surface area contributed by atoms with Crippen molar-refractivity contribution in [1.29, 1.82) is 0 Å². The number of aliphatic hydroxyl groups is 1. The van der Waals surface area contributed by atoms with Crippen LogP contribution in [-0.4, -0.2) is 48.7 Å². The first-order valence-corrected chi connectivity index (χ1v) is 7.89. The number of ether oxygens (including phenoxy) is 4. The Morgan fingerprint density at radius 2 is 1.80 bits per heavy atom. The molecule has 4 fully saturated rings. The van der Waals surface area contributed by atoms with Crippen LogP contribution in [0.1, 0.15) is 39.0 Å². The van der Waals surface area contributed by atoms with Crippen molar-refractivity contribution in [1.82, 2.24) is 0 Å². The zero-order valence-corrected chi connectivity index (χ0v) is 12.0. The lowest BCUT2D eigenvalue weighted by molar-refractivity contribution is -0.371. The third-order valence-electron chi connectivity index (χ3n) is 5.45. The lowest BCUT2D eigenvalue weighted by Gasteiger charge is -2.55. The van der Waals surface area contributed by atoms with Gasteiger partial charge in [-0.25, -0.2) is 0 Å². The van der Waals surface area contributed by atoms with Crippen molar-refractivity contribution in [3.63, 3.8) is 0 Å². The van der Waals surface area contributed by atoms with E-state index in [0.29, 0.717) is 25.7 Å². The predicted octanol–water partition coefficient (Wildman–Crippen LogP) is 1.43. The van der Waals surface area contributed by atoms with Crippen LogP contribution >= 0.6 is 0 Å². The monoisotopic (exact) mass is 284 g/mol. The molecule has 4 rings (SSSR count). The maximum absolute atomic E-state index is 10.6. The summed E-state index contributed by atoms with van der Waals surface area (Å²) in [6, 6.07) is 0. The summed E-state index contributed by atoms with van der Waals surface area (Å²) in [7, 11) is 0. The van der Waals surface area contributed by atoms with Gasteiger partial charge in [0, 0.05) is 12.3 Å². The van der Waals surface area contributed by atoms with Gasteiger partial charge in [0.1, 0.15) is 12.7 Å². The van der Waals surface area contributed by atoms with Gasteiger partial charge in [0.05, 0.1) is 19.3 Å². The van der Waals surface area contributed by atoms with Crippen molar-refractivity contribution in [2.45, 2.75) is 62.8 Å². The molecule has 5 atom stereocenters. The molecule has 3 aliphatic heterocycles. The summed E-state index contributed by atoms with van der Waals surface area (Å²) in [6.45, 7) is 3.42. The Bertz CT molecular complexity index is 376. The summed E-state index contributed by atoms with van der Waals surface area (Å²) < 4.78 is 23.5. The van der Waals surface area contributed by atoms with Gasteiger partial charge in [0.15, 0.2) is 11.6 Å². The fraction of sp³-hybridized carbons (Fsp3) is 1.00. The molecule has 0 aromatic rings. The Morgan fingerprint density at radius 3 is 2.60 bits per heavy atom. The summed E-state index contributed by atoms with van der Waals surface area (Å²) in [4.78, 5) is 0. The van der Waals surface area contributed by atoms with E-state index >= 15 is 0 Å². The molecular weight excluding hydrogens is 260 g/mol. The molecule has 0 amide bonds. The highest BCUT2D eigenvalue weighted by molar-refractivity contribution is 5.01. The van der Waals surface area contributed by atoms with Gasteiger partial charge in [-0.15, -0.1) is 0 Å². The Balaban J connectivity index is 1.61. The minimum atomic E-state index is -1.19. The maximum atomic E-state index is 10.6. The van der Waals surface area contributed by atoms with Crippen LogP contribution in [0.25, 0.3) is 0 Å². The molecule has 20 heavy (non-hydrogen) atoms. The molecule has 1 aliphatic carbocycles. The molecule has 3 saturated heterocycles. The van der Waals surface area contributed by atoms with E-state index in [0.717, 1.165) is 19.3 Å². The zero-order valence-electron chi connectivity index (χ0n) is 12.0. The van der Waals surface area contributed by atoms with Crippen molar-refractivity contribution >= 4 is 0 Å². The summed E-state index contributed by atoms with van der Waals surface area (Å²) in [5.74, 6) is -1.05. The Hall–Kier alpha value is -0.200. The van der Waals surface area contributed by atoms with E-state index in [1.54, 1.807) is 6.92 Å². The average molecular weight is 284 g/mol. The Kier molecular flexibility index (Phi) is 3.13. The first-order valence-electron chi connectivity index (χ1n) is 7.89. The molecule has 4 aliphatic rings. The highest BCUT2D eigenvalue weighted by Crippen LogP contribution is 2.50. The Labute approximate surface area is 119 Å². The smallest absolute Gasteiger partial charge is 0.192 e. The highest BCUT2D eigenvalue weighted by Gasteiger charge is 2.58. The van der Waals surface area contributed by atoms with E-state index in [-0.39, 0.29) is 18.1 Å². The molecule has 0 radical (unpaired) electrons. The molecule has 1 spiro atoms. The molecule has 5 nitrogen and oxygen atoms in total. The third kappa shape index (κ3) is 2.03. The third-order valence-corrected chi connectivity index (χ3v) is 5.45. The second-order valence-electron chi connectivity index (χ2n) is 6.87. The highest BCUT2D eigenvalue weighted by atomic mass is 16.8. The van der Waals surface area contributed by atoms with Gasteiger partial charge in [0.2, 0.25) is 0 Å². The fourth-order valence-electron chi connectivity index (χ4n) is 4.63. The van der Waals surface area contributed by atoms with Gasteiger partial charge in [-0.2, -0.15) is 0 Å². The van der Waals surface area contributed by atoms with Crippen LogP contribution in [-0.2, 0) is 18.9 Å². The van der Waals surface area contributed by atoms with Crippen molar-refractivity contribution in [2.24, 2.45) is 11.8 Å². The number of rotatable bonds is 0. The molecule has 0 aromatic carbocycles. The minimum Gasteiger partial charge on any atom is -0.367 e. The van der Waals surface area contributed by atoms with Crippen molar-refractivity contribution in [2.75, 3.05) is 19.8 Å². The quantitative estimate of drug-likeness (QED) is 0.729. The van der Waals surface area contributed by atoms with Gasteiger partial charge in [-0.1, -0.05) is 12.8 Å². The van der Waals surface area contributed by atoms with E-state index in [2.05, 4.69) is 0 Å². The number of hydrogen-bond acceptors (Lipinski definition) is 5. The van der Waals surface area contributed by atoms with Crippen LogP contribution in [0, 0.1) is 11.8 Å². The average Bonchev–Trinajstić information content (AvgIpc) is 2.86. The van der Waals surface area contributed by atoms with Gasteiger partial charge in [-0.3, -0.25) is 0 Å². The van der Waals surface area contributed by atoms with E-state index in [4.69, 9.17) is 18.9 Å². The first kappa shape index (κ1) is 13.5. The second kappa shape index (κ2) is 4.65. The molecule has 1 saturated carbocycles. The van der Waals surface area contributed by atoms with Crippen LogP contribution in [0.5, 0.6) is 0 Å². The summed E-state index contributed by atoms with van der Waals surface area (Å²) >= 11 is 0. The maximum Gasteiger partial charge on any atom is 0.192 e. The van der Waals surface area contributed by atoms with Crippen molar-refractivity contribution in [3.8, 4) is 0 Å². The number of hydrogen-bond donors (Lipinski definition) is 1. The lowest BCUT2D eigenvalue weighted by Crippen LogP contribution is -2.64. The van der Waals surface area contributed by atoms with Crippen LogP contribution < -0.4 is 0 Å². The minimum absolute atomic E-state index is 0.153. The van der Waals surface area contributed by atoms with E-state index in [9.17, 15) is 5.11 Å². The summed E-state index contributed by atoms with van der Waals surface area (Å²) in [5, 5.41) is 10.6. The van der Waals surface area contributed by atoms with Gasteiger partial charge >= 0.3 is 0 Å². The van der Waals surface area contributed by atoms with E-state index in [1.807, 2.05) is 0 Å². The topological polar surface area (TPSA) is 57.2 Å². The van der Waals surface area contributed by atoms with Gasteiger partial charge in [-0.05, 0) is 25.7 Å². The molecular formula is C15H24O5. The largest absolute Gasteiger partial charge is 0.367 e.